The van der Waals surface area contributed by atoms with E-state index in [9.17, 15) is 0 Å². The van der Waals surface area contributed by atoms with Gasteiger partial charge >= 0.3 is 0 Å². The molecule has 3 heteroatoms. The van der Waals surface area contributed by atoms with Gasteiger partial charge < -0.3 is 14.8 Å². The first-order chi connectivity index (χ1) is 8.77. The van der Waals surface area contributed by atoms with E-state index in [0.717, 1.165) is 44.9 Å². The van der Waals surface area contributed by atoms with E-state index in [2.05, 4.69) is 31.3 Å². The largest absolute Gasteiger partial charge is 0.496 e. The Morgan fingerprint density at radius 1 is 1.22 bits per heavy atom. The smallest absolute Gasteiger partial charge is 0.121 e. The molecule has 1 aromatic carbocycles. The van der Waals surface area contributed by atoms with E-state index in [1.54, 1.807) is 7.11 Å². The molecule has 18 heavy (non-hydrogen) atoms. The van der Waals surface area contributed by atoms with Crippen LogP contribution in [0.3, 0.4) is 0 Å². The first-order valence-electron chi connectivity index (χ1n) is 6.70. The van der Waals surface area contributed by atoms with Gasteiger partial charge in [0.2, 0.25) is 0 Å². The monoisotopic (exact) mass is 251 g/mol. The third kappa shape index (κ3) is 5.52. The Morgan fingerprint density at radius 2 is 2.06 bits per heavy atom. The van der Waals surface area contributed by atoms with Gasteiger partial charge in [0, 0.05) is 19.8 Å². The number of hydrogen-bond acceptors (Lipinski definition) is 3. The van der Waals surface area contributed by atoms with Crippen LogP contribution in [0.5, 0.6) is 5.75 Å². The molecular formula is C15H25NO2. The number of methoxy groups -OCH3 is 1. The summed E-state index contributed by atoms with van der Waals surface area (Å²) in [7, 11) is 1.70. The summed E-state index contributed by atoms with van der Waals surface area (Å²) in [5.41, 5.74) is 2.48. The fourth-order valence-corrected chi connectivity index (χ4v) is 1.83. The molecule has 0 spiro atoms. The molecule has 0 aliphatic heterocycles. The molecule has 0 radical (unpaired) electrons. The molecule has 0 aliphatic rings. The maximum atomic E-state index is 5.43. The number of ether oxygens (including phenoxy) is 2. The van der Waals surface area contributed by atoms with Gasteiger partial charge in [-0.3, -0.25) is 0 Å². The zero-order chi connectivity index (χ0) is 13.2. The van der Waals surface area contributed by atoms with E-state index >= 15 is 0 Å². The normalized spacial score (nSPS) is 10.6. The zero-order valence-electron chi connectivity index (χ0n) is 11.8. The highest BCUT2D eigenvalue weighted by molar-refractivity contribution is 5.36. The molecule has 0 saturated carbocycles. The first-order valence-corrected chi connectivity index (χ1v) is 6.70. The topological polar surface area (TPSA) is 30.5 Å². The highest BCUT2D eigenvalue weighted by Crippen LogP contribution is 2.18. The molecule has 0 aromatic heterocycles. The third-order valence-corrected chi connectivity index (χ3v) is 2.78. The van der Waals surface area contributed by atoms with Crippen LogP contribution in [0.4, 0.5) is 0 Å². The van der Waals surface area contributed by atoms with Crippen molar-refractivity contribution >= 4 is 0 Å². The fourth-order valence-electron chi connectivity index (χ4n) is 1.83. The summed E-state index contributed by atoms with van der Waals surface area (Å²) in [6.45, 7) is 7.82. The lowest BCUT2D eigenvalue weighted by molar-refractivity contribution is 0.132. The van der Waals surface area contributed by atoms with Crippen LogP contribution in [-0.2, 0) is 11.3 Å². The molecule has 0 atom stereocenters. The lowest BCUT2D eigenvalue weighted by Crippen LogP contribution is -2.16. The Labute approximate surface area is 110 Å². The Morgan fingerprint density at radius 3 is 2.72 bits per heavy atom. The minimum Gasteiger partial charge on any atom is -0.496 e. The van der Waals surface area contributed by atoms with Crippen molar-refractivity contribution < 1.29 is 9.47 Å². The van der Waals surface area contributed by atoms with E-state index in [4.69, 9.17) is 9.47 Å². The van der Waals surface area contributed by atoms with Gasteiger partial charge in [0.1, 0.15) is 5.75 Å². The Hall–Kier alpha value is -1.06. The molecule has 102 valence electrons. The van der Waals surface area contributed by atoms with Gasteiger partial charge in [0.05, 0.1) is 7.11 Å². The van der Waals surface area contributed by atoms with Gasteiger partial charge in [-0.1, -0.05) is 19.1 Å². The second-order valence-corrected chi connectivity index (χ2v) is 4.45. The first kappa shape index (κ1) is 15.0. The van der Waals surface area contributed by atoms with Gasteiger partial charge in [-0.2, -0.15) is 0 Å². The molecule has 0 fully saturated rings. The van der Waals surface area contributed by atoms with Crippen LogP contribution in [0.1, 0.15) is 30.9 Å². The standard InChI is InChI=1S/C15H25NO2/c1-4-9-18-10-5-8-16-12-14-6-7-15(17-3)13(2)11-14/h6-7,11,16H,4-5,8-10,12H2,1-3H3. The van der Waals surface area contributed by atoms with Crippen molar-refractivity contribution in [2.24, 2.45) is 0 Å². The van der Waals surface area contributed by atoms with Gasteiger partial charge in [-0.15, -0.1) is 0 Å². The highest BCUT2D eigenvalue weighted by Gasteiger charge is 1.99. The quantitative estimate of drug-likeness (QED) is 0.685. The Balaban J connectivity index is 2.17. The number of hydrogen-bond donors (Lipinski definition) is 1. The molecule has 1 N–H and O–H groups in total. The van der Waals surface area contributed by atoms with Crippen molar-refractivity contribution in [3.05, 3.63) is 29.3 Å². The predicted octanol–water partition coefficient (Wildman–Crippen LogP) is 2.91. The van der Waals surface area contributed by atoms with Crippen LogP contribution in [0.25, 0.3) is 0 Å². The third-order valence-electron chi connectivity index (χ3n) is 2.78. The van der Waals surface area contributed by atoms with Crippen molar-refractivity contribution in [2.45, 2.75) is 33.2 Å². The number of aryl methyl sites for hydroxylation is 1. The summed E-state index contributed by atoms with van der Waals surface area (Å²) in [4.78, 5) is 0. The molecule has 1 aromatic rings. The molecule has 0 saturated heterocycles. The minimum absolute atomic E-state index is 0.850. The summed E-state index contributed by atoms with van der Waals surface area (Å²) in [6.07, 6.45) is 2.16. The lowest BCUT2D eigenvalue weighted by Gasteiger charge is -2.08. The zero-order valence-corrected chi connectivity index (χ0v) is 11.8. The maximum absolute atomic E-state index is 5.43. The molecule has 1 rings (SSSR count). The van der Waals surface area contributed by atoms with Gasteiger partial charge in [-0.25, -0.2) is 0 Å². The van der Waals surface area contributed by atoms with Crippen LogP contribution in [0, 0.1) is 6.92 Å². The SMILES string of the molecule is CCCOCCCNCc1ccc(OC)c(C)c1. The van der Waals surface area contributed by atoms with E-state index in [-0.39, 0.29) is 0 Å². The Kier molecular flexibility index (Phi) is 7.46. The average Bonchev–Trinajstić information content (AvgIpc) is 2.38. The molecular weight excluding hydrogens is 226 g/mol. The second-order valence-electron chi connectivity index (χ2n) is 4.45. The summed E-state index contributed by atoms with van der Waals surface area (Å²) in [5.74, 6) is 0.951. The number of nitrogens with one attached hydrogen (secondary N) is 1. The lowest BCUT2D eigenvalue weighted by atomic mass is 10.1. The van der Waals surface area contributed by atoms with E-state index in [0.29, 0.717) is 0 Å². The summed E-state index contributed by atoms with van der Waals surface area (Å²) in [6, 6.07) is 6.29. The molecule has 0 amide bonds. The van der Waals surface area contributed by atoms with Gasteiger partial charge in [0.25, 0.3) is 0 Å². The highest BCUT2D eigenvalue weighted by atomic mass is 16.5. The van der Waals surface area contributed by atoms with Crippen LogP contribution in [0.2, 0.25) is 0 Å². The van der Waals surface area contributed by atoms with Crippen molar-refractivity contribution in [1.29, 1.82) is 0 Å². The molecule has 0 unspecified atom stereocenters. The number of benzene rings is 1. The average molecular weight is 251 g/mol. The molecule has 3 nitrogen and oxygen atoms in total. The molecule has 0 bridgehead atoms. The summed E-state index contributed by atoms with van der Waals surface area (Å²) < 4.78 is 10.7. The van der Waals surface area contributed by atoms with E-state index in [1.165, 1.54) is 11.1 Å². The van der Waals surface area contributed by atoms with Gasteiger partial charge in [0.15, 0.2) is 0 Å². The predicted molar refractivity (Wildman–Crippen MR) is 75.2 cm³/mol. The molecule has 0 heterocycles. The van der Waals surface area contributed by atoms with Crippen LogP contribution in [0.15, 0.2) is 18.2 Å². The maximum Gasteiger partial charge on any atom is 0.121 e. The second kappa shape index (κ2) is 8.95. The van der Waals surface area contributed by atoms with E-state index < -0.39 is 0 Å². The van der Waals surface area contributed by atoms with E-state index in [1.807, 2.05) is 6.07 Å². The van der Waals surface area contributed by atoms with Crippen molar-refractivity contribution in [1.82, 2.24) is 5.32 Å². The number of rotatable bonds is 9. The Bertz CT molecular complexity index is 339. The van der Waals surface area contributed by atoms with Crippen molar-refractivity contribution in [2.75, 3.05) is 26.9 Å². The van der Waals surface area contributed by atoms with Crippen LogP contribution in [-0.4, -0.2) is 26.9 Å². The van der Waals surface area contributed by atoms with Crippen LogP contribution < -0.4 is 10.1 Å². The fraction of sp³-hybridized carbons (Fsp3) is 0.600. The summed E-state index contributed by atoms with van der Waals surface area (Å²) >= 11 is 0. The van der Waals surface area contributed by atoms with Crippen molar-refractivity contribution in [3.8, 4) is 5.75 Å². The van der Waals surface area contributed by atoms with Crippen molar-refractivity contribution in [3.63, 3.8) is 0 Å². The summed E-state index contributed by atoms with van der Waals surface area (Å²) in [5, 5.41) is 3.42. The van der Waals surface area contributed by atoms with Crippen LogP contribution >= 0.6 is 0 Å². The van der Waals surface area contributed by atoms with Gasteiger partial charge in [-0.05, 0) is 43.5 Å². The minimum atomic E-state index is 0.850. The molecule has 0 aliphatic carbocycles.